The van der Waals surface area contributed by atoms with Gasteiger partial charge in [0.05, 0.1) is 16.9 Å². The number of halogens is 3. The maximum atomic E-state index is 12.7. The van der Waals surface area contributed by atoms with Crippen LogP contribution in [0.4, 0.5) is 24.5 Å². The molecule has 0 radical (unpaired) electrons. The molecule has 2 aromatic carbocycles. The highest BCUT2D eigenvalue weighted by molar-refractivity contribution is 5.66. The molecule has 0 aromatic heterocycles. The Morgan fingerprint density at radius 1 is 1.04 bits per heavy atom. The molecule has 4 rings (SSSR count). The summed E-state index contributed by atoms with van der Waals surface area (Å²) in [6.07, 6.45) is -3.60. The number of benzene rings is 2. The summed E-state index contributed by atoms with van der Waals surface area (Å²) < 4.78 is 38.2. The number of rotatable bonds is 1. The number of aliphatic hydroxyl groups is 1. The standard InChI is InChI=1S/C18H16F3N3O.H2O/c1-11-10-12-4-2-3-5-15(12)24-16(11)17(25)23(22-24)14-8-6-13(7-9-14)18(19,20)21;/h2-9,11,22,25H,10H2,1H3;1H2. The summed E-state index contributed by atoms with van der Waals surface area (Å²) in [7, 11) is 0. The maximum Gasteiger partial charge on any atom is 0.416 e. The molecule has 0 fully saturated rings. The van der Waals surface area contributed by atoms with Crippen molar-refractivity contribution in [1.29, 1.82) is 0 Å². The molecule has 2 aromatic rings. The van der Waals surface area contributed by atoms with Crippen molar-refractivity contribution in [2.75, 3.05) is 10.0 Å². The lowest BCUT2D eigenvalue weighted by Gasteiger charge is -2.32. The van der Waals surface area contributed by atoms with E-state index in [1.54, 1.807) is 5.01 Å². The van der Waals surface area contributed by atoms with Gasteiger partial charge in [-0.05, 0) is 42.3 Å². The van der Waals surface area contributed by atoms with Crippen LogP contribution in [0.25, 0.3) is 0 Å². The van der Waals surface area contributed by atoms with E-state index < -0.39 is 11.7 Å². The highest BCUT2D eigenvalue weighted by atomic mass is 19.4. The minimum absolute atomic E-state index is 0. The largest absolute Gasteiger partial charge is 0.492 e. The van der Waals surface area contributed by atoms with Crippen LogP contribution >= 0.6 is 0 Å². The van der Waals surface area contributed by atoms with E-state index in [-0.39, 0.29) is 17.3 Å². The van der Waals surface area contributed by atoms with E-state index >= 15 is 0 Å². The Hall–Kier alpha value is -2.71. The van der Waals surface area contributed by atoms with Crippen LogP contribution in [0.1, 0.15) is 18.1 Å². The Bertz CT molecular complexity index is 850. The van der Waals surface area contributed by atoms with Gasteiger partial charge in [-0.25, -0.2) is 5.01 Å². The molecule has 8 heteroatoms. The fraction of sp³-hybridized carbons (Fsp3) is 0.222. The first-order chi connectivity index (χ1) is 11.9. The molecule has 0 saturated carbocycles. The monoisotopic (exact) mass is 365 g/mol. The van der Waals surface area contributed by atoms with Crippen LogP contribution in [0.5, 0.6) is 0 Å². The number of allylic oxidation sites excluding steroid dienone is 1. The lowest BCUT2D eigenvalue weighted by atomic mass is 9.92. The summed E-state index contributed by atoms with van der Waals surface area (Å²) in [6, 6.07) is 12.5. The average Bonchev–Trinajstić information content (AvgIpc) is 2.93. The fourth-order valence-corrected chi connectivity index (χ4v) is 3.35. The predicted octanol–water partition coefficient (Wildman–Crippen LogP) is 3.55. The Morgan fingerprint density at radius 2 is 1.69 bits per heavy atom. The molecule has 0 bridgehead atoms. The first kappa shape index (κ1) is 18.1. The van der Waals surface area contributed by atoms with Crippen molar-refractivity contribution in [2.45, 2.75) is 19.5 Å². The molecule has 2 aliphatic rings. The number of nitrogens with one attached hydrogen (secondary N) is 1. The molecular formula is C18H18F3N3O2. The van der Waals surface area contributed by atoms with Gasteiger partial charge in [0.25, 0.3) is 0 Å². The zero-order valence-corrected chi connectivity index (χ0v) is 13.9. The Labute approximate surface area is 148 Å². The molecule has 138 valence electrons. The topological polar surface area (TPSA) is 70.2 Å². The van der Waals surface area contributed by atoms with Crippen molar-refractivity contribution >= 4 is 11.4 Å². The Morgan fingerprint density at radius 3 is 2.35 bits per heavy atom. The van der Waals surface area contributed by atoms with Crippen LogP contribution in [0, 0.1) is 5.92 Å². The number of alkyl halides is 3. The summed E-state index contributed by atoms with van der Waals surface area (Å²) in [5.41, 5.74) is 5.55. The van der Waals surface area contributed by atoms with Gasteiger partial charge >= 0.3 is 6.18 Å². The number of fused-ring (bicyclic) bond motifs is 3. The molecule has 26 heavy (non-hydrogen) atoms. The van der Waals surface area contributed by atoms with Gasteiger partial charge in [-0.15, -0.1) is 5.53 Å². The summed E-state index contributed by atoms with van der Waals surface area (Å²) in [5, 5.41) is 13.8. The number of nitrogens with zero attached hydrogens (tertiary/aromatic N) is 2. The number of hydrazine groups is 2. The lowest BCUT2D eigenvalue weighted by molar-refractivity contribution is -0.137. The third kappa shape index (κ3) is 2.77. The second kappa shape index (κ2) is 6.22. The van der Waals surface area contributed by atoms with E-state index in [4.69, 9.17) is 0 Å². The van der Waals surface area contributed by atoms with Gasteiger partial charge in [-0.2, -0.15) is 13.2 Å². The van der Waals surface area contributed by atoms with Crippen LogP contribution in [0.2, 0.25) is 0 Å². The molecule has 2 heterocycles. The first-order valence-electron chi connectivity index (χ1n) is 7.91. The molecule has 1 unspecified atom stereocenters. The minimum atomic E-state index is -4.39. The van der Waals surface area contributed by atoms with E-state index in [1.165, 1.54) is 17.1 Å². The molecule has 0 amide bonds. The van der Waals surface area contributed by atoms with Crippen LogP contribution in [-0.4, -0.2) is 10.6 Å². The fourth-order valence-electron chi connectivity index (χ4n) is 3.35. The number of anilines is 2. The molecule has 0 spiro atoms. The van der Waals surface area contributed by atoms with E-state index in [1.807, 2.05) is 31.2 Å². The second-order valence-corrected chi connectivity index (χ2v) is 6.26. The van der Waals surface area contributed by atoms with E-state index in [0.29, 0.717) is 11.4 Å². The molecule has 2 aliphatic heterocycles. The Balaban J connectivity index is 0.00000196. The second-order valence-electron chi connectivity index (χ2n) is 6.26. The maximum absolute atomic E-state index is 12.7. The molecule has 0 aliphatic carbocycles. The molecular weight excluding hydrogens is 347 g/mol. The van der Waals surface area contributed by atoms with Gasteiger partial charge in [-0.1, -0.05) is 25.1 Å². The first-order valence-corrected chi connectivity index (χ1v) is 7.91. The van der Waals surface area contributed by atoms with E-state index in [0.717, 1.165) is 29.8 Å². The van der Waals surface area contributed by atoms with Crippen LogP contribution < -0.4 is 15.6 Å². The summed E-state index contributed by atoms with van der Waals surface area (Å²) >= 11 is 0. The van der Waals surface area contributed by atoms with Gasteiger partial charge in [0.1, 0.15) is 5.70 Å². The molecule has 0 saturated heterocycles. The zero-order valence-electron chi connectivity index (χ0n) is 13.9. The predicted molar refractivity (Wildman–Crippen MR) is 92.1 cm³/mol. The van der Waals surface area contributed by atoms with Gasteiger partial charge < -0.3 is 10.6 Å². The molecule has 5 nitrogen and oxygen atoms in total. The van der Waals surface area contributed by atoms with Crippen molar-refractivity contribution in [3.8, 4) is 0 Å². The van der Waals surface area contributed by atoms with Crippen molar-refractivity contribution in [3.05, 3.63) is 71.2 Å². The van der Waals surface area contributed by atoms with Crippen LogP contribution in [-0.2, 0) is 12.6 Å². The summed E-state index contributed by atoms with van der Waals surface area (Å²) in [6.45, 7) is 2.01. The average molecular weight is 365 g/mol. The van der Waals surface area contributed by atoms with Crippen LogP contribution in [0.3, 0.4) is 0 Å². The summed E-state index contributed by atoms with van der Waals surface area (Å²) in [5.74, 6) is 0.0728. The smallest absolute Gasteiger partial charge is 0.416 e. The van der Waals surface area contributed by atoms with Crippen molar-refractivity contribution in [3.63, 3.8) is 0 Å². The molecule has 1 atom stereocenters. The SMILES string of the molecule is CC1Cc2ccccc2N2NN(c3ccc(C(F)(F)F)cc3)C(O)=C12.O. The minimum Gasteiger partial charge on any atom is -0.492 e. The van der Waals surface area contributed by atoms with Gasteiger partial charge in [0.15, 0.2) is 0 Å². The number of hydrogen-bond acceptors (Lipinski definition) is 4. The third-order valence-corrected chi connectivity index (χ3v) is 4.56. The lowest BCUT2D eigenvalue weighted by Crippen LogP contribution is -2.44. The highest BCUT2D eigenvalue weighted by Gasteiger charge is 2.38. The highest BCUT2D eigenvalue weighted by Crippen LogP contribution is 2.40. The van der Waals surface area contributed by atoms with Gasteiger partial charge in [-0.3, -0.25) is 5.01 Å². The zero-order chi connectivity index (χ0) is 17.8. The van der Waals surface area contributed by atoms with E-state index in [9.17, 15) is 18.3 Å². The van der Waals surface area contributed by atoms with Crippen molar-refractivity contribution in [2.24, 2.45) is 5.92 Å². The Kier molecular flexibility index (Phi) is 4.33. The number of para-hydroxylation sites is 1. The van der Waals surface area contributed by atoms with E-state index in [2.05, 4.69) is 5.53 Å². The number of aliphatic hydroxyl groups excluding tert-OH is 1. The molecule has 4 N–H and O–H groups in total. The quantitative estimate of drug-likeness (QED) is 0.811. The third-order valence-electron chi connectivity index (χ3n) is 4.56. The van der Waals surface area contributed by atoms with Crippen molar-refractivity contribution in [1.82, 2.24) is 5.53 Å². The number of hydrogen-bond donors (Lipinski definition) is 2. The van der Waals surface area contributed by atoms with Gasteiger partial charge in [0, 0.05) is 5.92 Å². The van der Waals surface area contributed by atoms with Crippen molar-refractivity contribution < 1.29 is 23.8 Å². The van der Waals surface area contributed by atoms with Crippen LogP contribution in [0.15, 0.2) is 60.1 Å². The summed E-state index contributed by atoms with van der Waals surface area (Å²) in [4.78, 5) is 0. The normalized spacial score (nSPS) is 19.2. The van der Waals surface area contributed by atoms with Gasteiger partial charge in [0.2, 0.25) is 5.88 Å².